The smallest absolute Gasteiger partial charge is 0.268 e. The first-order valence-corrected chi connectivity index (χ1v) is 10.3. The molecule has 12 heteroatoms. The van der Waals surface area contributed by atoms with Gasteiger partial charge in [0.05, 0.1) is 29.2 Å². The van der Waals surface area contributed by atoms with Crippen LogP contribution in [0.15, 0.2) is 41.6 Å². The number of nitrogens with one attached hydrogen (secondary N) is 1. The Labute approximate surface area is 190 Å². The minimum absolute atomic E-state index is 0.00813. The molecule has 0 amide bonds. The molecule has 3 aromatic heterocycles. The number of benzene rings is 1. The molecule has 0 radical (unpaired) electrons. The van der Waals surface area contributed by atoms with Crippen molar-refractivity contribution in [3.8, 4) is 23.0 Å². The first-order valence-electron chi connectivity index (χ1n) is 10.3. The number of nitrogens with two attached hydrogens (primary N) is 1. The van der Waals surface area contributed by atoms with Gasteiger partial charge in [0, 0.05) is 37.7 Å². The number of pyridine rings is 1. The van der Waals surface area contributed by atoms with Gasteiger partial charge in [-0.15, -0.1) is 0 Å². The number of aromatic nitrogens is 5. The van der Waals surface area contributed by atoms with Gasteiger partial charge in [-0.2, -0.15) is 10.4 Å². The molecule has 172 valence electrons. The lowest BCUT2D eigenvalue weighted by Crippen LogP contribution is -2.39. The van der Waals surface area contributed by atoms with Crippen molar-refractivity contribution in [3.63, 3.8) is 0 Å². The van der Waals surface area contributed by atoms with Crippen molar-refractivity contribution in [3.05, 3.63) is 58.5 Å². The molecular weight excluding hydrogens is 449 g/mol. The Morgan fingerprint density at radius 2 is 1.94 bits per heavy atom. The van der Waals surface area contributed by atoms with Crippen LogP contribution in [-0.4, -0.2) is 43.7 Å². The molecule has 4 aromatic rings. The van der Waals surface area contributed by atoms with Gasteiger partial charge in [-0.1, -0.05) is 6.07 Å². The average molecular weight is 466 g/mol. The summed E-state index contributed by atoms with van der Waals surface area (Å²) in [6, 6.07) is 5.79. The highest BCUT2D eigenvalue weighted by Crippen LogP contribution is 2.31. The Bertz CT molecular complexity index is 1490. The standard InChI is InChI=1S/C22H17F3N8O/c23-14-3-1-2-12(8-26)19(14)33-11-13(18-17(21(33)34)20(27)31-30-18)15-9-29-16(10-28-15)32-6-4-22(24,25)5-7-32/h1-3,9-11H,4-7H2,(H3,27,30,31). The molecule has 4 heterocycles. The monoisotopic (exact) mass is 466 g/mol. The first-order chi connectivity index (χ1) is 16.3. The van der Waals surface area contributed by atoms with Gasteiger partial charge in [0.1, 0.15) is 28.8 Å². The molecule has 9 nitrogen and oxygen atoms in total. The summed E-state index contributed by atoms with van der Waals surface area (Å²) in [7, 11) is 0. The van der Waals surface area contributed by atoms with Gasteiger partial charge in [0.25, 0.3) is 11.5 Å². The van der Waals surface area contributed by atoms with Crippen LogP contribution in [0.3, 0.4) is 0 Å². The number of aromatic amines is 1. The summed E-state index contributed by atoms with van der Waals surface area (Å²) in [6.07, 6.45) is 3.68. The van der Waals surface area contributed by atoms with E-state index in [1.807, 2.05) is 6.07 Å². The number of nitriles is 1. The van der Waals surface area contributed by atoms with Crippen LogP contribution >= 0.6 is 0 Å². The topological polar surface area (TPSA) is 130 Å². The highest BCUT2D eigenvalue weighted by Gasteiger charge is 2.34. The second-order valence-electron chi connectivity index (χ2n) is 7.93. The van der Waals surface area contributed by atoms with E-state index >= 15 is 0 Å². The summed E-state index contributed by atoms with van der Waals surface area (Å²) in [5.74, 6) is -3.10. The summed E-state index contributed by atoms with van der Waals surface area (Å²) in [6.45, 7) is 0.301. The Balaban J connectivity index is 1.63. The summed E-state index contributed by atoms with van der Waals surface area (Å²) in [5.41, 5.74) is 5.90. The van der Waals surface area contributed by atoms with Gasteiger partial charge in [-0.25, -0.2) is 18.2 Å². The number of rotatable bonds is 3. The summed E-state index contributed by atoms with van der Waals surface area (Å²) < 4.78 is 42.7. The highest BCUT2D eigenvalue weighted by molar-refractivity contribution is 5.97. The molecule has 1 fully saturated rings. The van der Waals surface area contributed by atoms with E-state index in [1.54, 1.807) is 4.90 Å². The highest BCUT2D eigenvalue weighted by atomic mass is 19.3. The van der Waals surface area contributed by atoms with Crippen LogP contribution in [-0.2, 0) is 0 Å². The molecule has 1 aliphatic rings. The van der Waals surface area contributed by atoms with Crippen LogP contribution in [0.1, 0.15) is 18.4 Å². The molecule has 1 saturated heterocycles. The number of alkyl halides is 2. The third-order valence-electron chi connectivity index (χ3n) is 5.84. The molecule has 0 unspecified atom stereocenters. The van der Waals surface area contributed by atoms with Gasteiger partial charge in [0.15, 0.2) is 5.82 Å². The van der Waals surface area contributed by atoms with E-state index in [0.717, 1.165) is 10.6 Å². The Morgan fingerprint density at radius 3 is 2.62 bits per heavy atom. The second kappa shape index (κ2) is 7.87. The van der Waals surface area contributed by atoms with Crippen LogP contribution in [0, 0.1) is 17.1 Å². The van der Waals surface area contributed by atoms with Crippen LogP contribution in [0.25, 0.3) is 27.8 Å². The number of hydrogen-bond acceptors (Lipinski definition) is 7. The molecule has 0 spiro atoms. The van der Waals surface area contributed by atoms with E-state index in [0.29, 0.717) is 17.1 Å². The lowest BCUT2D eigenvalue weighted by atomic mass is 10.1. The number of anilines is 2. The molecule has 1 aliphatic heterocycles. The van der Waals surface area contributed by atoms with Gasteiger partial charge in [-0.05, 0) is 12.1 Å². The fourth-order valence-electron chi connectivity index (χ4n) is 4.04. The summed E-state index contributed by atoms with van der Waals surface area (Å²) >= 11 is 0. The van der Waals surface area contributed by atoms with Gasteiger partial charge < -0.3 is 10.6 Å². The maximum absolute atomic E-state index is 14.7. The molecule has 0 atom stereocenters. The zero-order valence-electron chi connectivity index (χ0n) is 17.6. The van der Waals surface area contributed by atoms with Gasteiger partial charge in [0.2, 0.25) is 0 Å². The number of hydrogen-bond donors (Lipinski definition) is 2. The van der Waals surface area contributed by atoms with Crippen molar-refractivity contribution in [2.45, 2.75) is 18.8 Å². The number of nitrogens with zero attached hydrogens (tertiary/aromatic N) is 6. The minimum Gasteiger partial charge on any atom is -0.382 e. The quantitative estimate of drug-likeness (QED) is 0.475. The fourth-order valence-corrected chi connectivity index (χ4v) is 4.04. The van der Waals surface area contributed by atoms with Gasteiger partial charge >= 0.3 is 0 Å². The minimum atomic E-state index is -2.68. The van der Waals surface area contributed by atoms with Gasteiger partial charge in [-0.3, -0.25) is 19.4 Å². The number of halogens is 3. The number of fused-ring (bicyclic) bond motifs is 1. The Morgan fingerprint density at radius 1 is 1.18 bits per heavy atom. The van der Waals surface area contributed by atoms with E-state index < -0.39 is 17.3 Å². The summed E-state index contributed by atoms with van der Waals surface area (Å²) in [4.78, 5) is 23.6. The molecule has 3 N–H and O–H groups in total. The molecule has 0 bridgehead atoms. The third-order valence-corrected chi connectivity index (χ3v) is 5.84. The zero-order chi connectivity index (χ0) is 24.0. The maximum Gasteiger partial charge on any atom is 0.268 e. The van der Waals surface area contributed by atoms with E-state index in [-0.39, 0.29) is 53.9 Å². The van der Waals surface area contributed by atoms with Crippen LogP contribution in [0.4, 0.5) is 24.8 Å². The van der Waals surface area contributed by atoms with Crippen molar-refractivity contribution in [1.29, 1.82) is 5.26 Å². The van der Waals surface area contributed by atoms with Crippen molar-refractivity contribution < 1.29 is 13.2 Å². The SMILES string of the molecule is N#Cc1cccc(F)c1-n1cc(-c2cnc(N3CCC(F)(F)CC3)cn2)c2[nH]nc(N)c2c1=O. The van der Waals surface area contributed by atoms with Crippen molar-refractivity contribution in [2.24, 2.45) is 0 Å². The maximum atomic E-state index is 14.7. The normalized spacial score (nSPS) is 15.4. The van der Waals surface area contributed by atoms with E-state index in [9.17, 15) is 23.2 Å². The first kappa shape index (κ1) is 21.4. The zero-order valence-corrected chi connectivity index (χ0v) is 17.6. The summed E-state index contributed by atoms with van der Waals surface area (Å²) in [5, 5.41) is 16.1. The second-order valence-corrected chi connectivity index (χ2v) is 7.93. The van der Waals surface area contributed by atoms with Crippen LogP contribution < -0.4 is 16.2 Å². The van der Waals surface area contributed by atoms with Crippen molar-refractivity contribution in [2.75, 3.05) is 23.7 Å². The van der Waals surface area contributed by atoms with Crippen LogP contribution in [0.5, 0.6) is 0 Å². The largest absolute Gasteiger partial charge is 0.382 e. The van der Waals surface area contributed by atoms with E-state index in [2.05, 4.69) is 20.2 Å². The van der Waals surface area contributed by atoms with E-state index in [4.69, 9.17) is 5.73 Å². The average Bonchev–Trinajstić information content (AvgIpc) is 3.22. The molecule has 1 aromatic carbocycles. The fraction of sp³-hybridized carbons (Fsp3) is 0.227. The lowest BCUT2D eigenvalue weighted by molar-refractivity contribution is -0.0221. The molecule has 0 saturated carbocycles. The van der Waals surface area contributed by atoms with Crippen LogP contribution in [0.2, 0.25) is 0 Å². The third kappa shape index (κ3) is 3.51. The number of H-pyrrole nitrogens is 1. The lowest BCUT2D eigenvalue weighted by Gasteiger charge is -2.32. The van der Waals surface area contributed by atoms with Crippen molar-refractivity contribution in [1.82, 2.24) is 24.7 Å². The predicted molar refractivity (Wildman–Crippen MR) is 118 cm³/mol. The Hall–Kier alpha value is -4.40. The van der Waals surface area contributed by atoms with E-state index in [1.165, 1.54) is 30.7 Å². The Kier molecular flexibility index (Phi) is 4.97. The number of piperidine rings is 1. The molecule has 0 aliphatic carbocycles. The number of nitrogen functional groups attached to an aromatic ring is 1. The number of para-hydroxylation sites is 1. The molecular formula is C22H17F3N8O. The molecule has 5 rings (SSSR count). The predicted octanol–water partition coefficient (Wildman–Crippen LogP) is 3.00. The van der Waals surface area contributed by atoms with Crippen molar-refractivity contribution >= 4 is 22.5 Å². The molecule has 34 heavy (non-hydrogen) atoms.